The van der Waals surface area contributed by atoms with E-state index in [-0.39, 0.29) is 11.5 Å². The fraction of sp³-hybridized carbons (Fsp3) is 0. The summed E-state index contributed by atoms with van der Waals surface area (Å²) in [5.41, 5.74) is 0.347. The number of hydrogen-bond acceptors (Lipinski definition) is 3. The average Bonchev–Trinajstić information content (AvgIpc) is 2.68. The Balaban J connectivity index is 2.17. The molecule has 0 saturated heterocycles. The molecule has 0 radical (unpaired) electrons. The molecule has 0 bridgehead atoms. The number of para-hydroxylation sites is 2. The summed E-state index contributed by atoms with van der Waals surface area (Å²) in [6, 6.07) is 9.65. The van der Waals surface area contributed by atoms with Crippen molar-refractivity contribution in [3.63, 3.8) is 0 Å². The van der Waals surface area contributed by atoms with E-state index in [1.807, 2.05) is 0 Å². The van der Waals surface area contributed by atoms with Crippen LogP contribution in [0, 0.1) is 0 Å². The third kappa shape index (κ3) is 2.25. The maximum Gasteiger partial charge on any atom is 0.291 e. The van der Waals surface area contributed by atoms with E-state index in [0.29, 0.717) is 10.4 Å². The molecule has 0 atom stereocenters. The molecule has 1 aromatic carbocycles. The van der Waals surface area contributed by atoms with E-state index in [2.05, 4.69) is 21.2 Å². The Morgan fingerprint density at radius 3 is 2.62 bits per heavy atom. The van der Waals surface area contributed by atoms with Gasteiger partial charge in [-0.15, -0.1) is 0 Å². The van der Waals surface area contributed by atoms with Crippen molar-refractivity contribution in [1.29, 1.82) is 0 Å². The summed E-state index contributed by atoms with van der Waals surface area (Å²) in [5.74, 6) is -0.219. The van der Waals surface area contributed by atoms with Crippen molar-refractivity contribution in [1.82, 2.24) is 0 Å². The average molecular weight is 282 g/mol. The fourth-order valence-corrected chi connectivity index (χ4v) is 1.51. The van der Waals surface area contributed by atoms with Crippen LogP contribution in [0.15, 0.2) is 45.5 Å². The van der Waals surface area contributed by atoms with Gasteiger partial charge in [-0.3, -0.25) is 4.79 Å². The second kappa shape index (κ2) is 4.40. The molecule has 2 N–H and O–H groups in total. The molecule has 0 fully saturated rings. The van der Waals surface area contributed by atoms with E-state index in [0.717, 1.165) is 0 Å². The van der Waals surface area contributed by atoms with Gasteiger partial charge in [-0.1, -0.05) is 12.1 Å². The van der Waals surface area contributed by atoms with E-state index < -0.39 is 5.91 Å². The molecular weight excluding hydrogens is 274 g/mol. The maximum absolute atomic E-state index is 11.6. The Labute approximate surface area is 100 Å². The van der Waals surface area contributed by atoms with Gasteiger partial charge < -0.3 is 14.8 Å². The van der Waals surface area contributed by atoms with Crippen LogP contribution >= 0.6 is 15.9 Å². The second-order valence-corrected chi connectivity index (χ2v) is 3.86. The molecule has 4 nitrogen and oxygen atoms in total. The summed E-state index contributed by atoms with van der Waals surface area (Å²) in [7, 11) is 0. The quantitative estimate of drug-likeness (QED) is 0.832. The number of carbonyl (C=O) groups is 1. The van der Waals surface area contributed by atoms with Crippen LogP contribution in [0.3, 0.4) is 0 Å². The van der Waals surface area contributed by atoms with Crippen molar-refractivity contribution in [2.75, 3.05) is 5.32 Å². The monoisotopic (exact) mass is 281 g/mol. The lowest BCUT2D eigenvalue weighted by atomic mass is 10.3. The first kappa shape index (κ1) is 10.8. The Hall–Kier alpha value is -1.75. The molecule has 0 aliphatic rings. The highest BCUT2D eigenvalue weighted by molar-refractivity contribution is 9.10. The van der Waals surface area contributed by atoms with Crippen molar-refractivity contribution in [3.05, 3.63) is 46.8 Å². The van der Waals surface area contributed by atoms with Crippen molar-refractivity contribution >= 4 is 27.5 Å². The van der Waals surface area contributed by atoms with Crippen molar-refractivity contribution < 1.29 is 14.3 Å². The first-order valence-electron chi connectivity index (χ1n) is 4.51. The minimum Gasteiger partial charge on any atom is -0.506 e. The number of amides is 1. The smallest absolute Gasteiger partial charge is 0.291 e. The standard InChI is InChI=1S/C11H8BrNO3/c12-10-6-5-9(16-10)11(15)13-7-3-1-2-4-8(7)14/h1-6,14H,(H,13,15). The van der Waals surface area contributed by atoms with Gasteiger partial charge in [-0.2, -0.15) is 0 Å². The Morgan fingerprint density at radius 2 is 2.00 bits per heavy atom. The molecule has 1 heterocycles. The number of aromatic hydroxyl groups is 1. The summed E-state index contributed by atoms with van der Waals surface area (Å²) in [6.45, 7) is 0. The molecule has 2 rings (SSSR count). The van der Waals surface area contributed by atoms with Crippen LogP contribution < -0.4 is 5.32 Å². The third-order valence-corrected chi connectivity index (χ3v) is 2.38. The lowest BCUT2D eigenvalue weighted by Gasteiger charge is -2.04. The van der Waals surface area contributed by atoms with E-state index in [1.165, 1.54) is 6.07 Å². The molecule has 0 aliphatic heterocycles. The highest BCUT2D eigenvalue weighted by atomic mass is 79.9. The van der Waals surface area contributed by atoms with Gasteiger partial charge in [-0.05, 0) is 40.2 Å². The van der Waals surface area contributed by atoms with Gasteiger partial charge in [0, 0.05) is 0 Å². The van der Waals surface area contributed by atoms with Gasteiger partial charge in [0.05, 0.1) is 5.69 Å². The molecule has 0 spiro atoms. The molecule has 1 amide bonds. The van der Waals surface area contributed by atoms with Gasteiger partial charge in [0.2, 0.25) is 0 Å². The minimum absolute atomic E-state index is 0.0153. The number of benzene rings is 1. The molecule has 82 valence electrons. The van der Waals surface area contributed by atoms with Gasteiger partial charge in [0.15, 0.2) is 10.4 Å². The van der Waals surface area contributed by atoms with Crippen LogP contribution in [0.2, 0.25) is 0 Å². The number of phenolic OH excluding ortho intramolecular Hbond substituents is 1. The zero-order chi connectivity index (χ0) is 11.5. The fourth-order valence-electron chi connectivity index (χ4n) is 1.20. The molecule has 16 heavy (non-hydrogen) atoms. The van der Waals surface area contributed by atoms with Crippen LogP contribution in [0.25, 0.3) is 0 Å². The zero-order valence-electron chi connectivity index (χ0n) is 8.11. The number of anilines is 1. The summed E-state index contributed by atoms with van der Waals surface area (Å²) in [4.78, 5) is 11.6. The molecule has 2 aromatic rings. The summed E-state index contributed by atoms with van der Waals surface area (Å²) in [6.07, 6.45) is 0. The highest BCUT2D eigenvalue weighted by Gasteiger charge is 2.11. The molecule has 0 saturated carbocycles. The predicted octanol–water partition coefficient (Wildman–Crippen LogP) is 3.00. The molecule has 1 aromatic heterocycles. The summed E-state index contributed by atoms with van der Waals surface area (Å²) < 4.78 is 5.56. The molecule has 5 heteroatoms. The minimum atomic E-state index is -0.410. The summed E-state index contributed by atoms with van der Waals surface area (Å²) in [5, 5.41) is 12.0. The van der Waals surface area contributed by atoms with Gasteiger partial charge in [-0.25, -0.2) is 0 Å². The zero-order valence-corrected chi connectivity index (χ0v) is 9.69. The molecule has 0 unspecified atom stereocenters. The van der Waals surface area contributed by atoms with Crippen LogP contribution in [0.1, 0.15) is 10.6 Å². The van der Waals surface area contributed by atoms with Gasteiger partial charge >= 0.3 is 0 Å². The van der Waals surface area contributed by atoms with Crippen LogP contribution in [-0.2, 0) is 0 Å². The van der Waals surface area contributed by atoms with Crippen LogP contribution in [-0.4, -0.2) is 11.0 Å². The van der Waals surface area contributed by atoms with E-state index in [4.69, 9.17) is 4.42 Å². The number of halogens is 1. The van der Waals surface area contributed by atoms with Crippen molar-refractivity contribution in [2.45, 2.75) is 0 Å². The third-order valence-electron chi connectivity index (χ3n) is 1.95. The molecular formula is C11H8BrNO3. The maximum atomic E-state index is 11.6. The van der Waals surface area contributed by atoms with Gasteiger partial charge in [0.1, 0.15) is 5.75 Å². The second-order valence-electron chi connectivity index (χ2n) is 3.08. The number of carbonyl (C=O) groups excluding carboxylic acids is 1. The topological polar surface area (TPSA) is 62.5 Å². The van der Waals surface area contributed by atoms with Crippen LogP contribution in [0.5, 0.6) is 5.75 Å². The van der Waals surface area contributed by atoms with Crippen molar-refractivity contribution in [2.24, 2.45) is 0 Å². The Kier molecular flexibility index (Phi) is 2.96. The number of rotatable bonds is 2. The van der Waals surface area contributed by atoms with E-state index >= 15 is 0 Å². The number of phenols is 1. The summed E-state index contributed by atoms with van der Waals surface area (Å²) >= 11 is 3.10. The normalized spacial score (nSPS) is 10.1. The number of nitrogens with one attached hydrogen (secondary N) is 1. The Bertz CT molecular complexity index is 521. The largest absolute Gasteiger partial charge is 0.506 e. The van der Waals surface area contributed by atoms with Crippen molar-refractivity contribution in [3.8, 4) is 5.75 Å². The Morgan fingerprint density at radius 1 is 1.25 bits per heavy atom. The first-order chi connectivity index (χ1) is 7.66. The highest BCUT2D eigenvalue weighted by Crippen LogP contribution is 2.23. The lowest BCUT2D eigenvalue weighted by Crippen LogP contribution is -2.10. The van der Waals surface area contributed by atoms with E-state index in [1.54, 1.807) is 30.3 Å². The predicted molar refractivity (Wildman–Crippen MR) is 62.5 cm³/mol. The first-order valence-corrected chi connectivity index (χ1v) is 5.31. The van der Waals surface area contributed by atoms with Crippen LogP contribution in [0.4, 0.5) is 5.69 Å². The number of hydrogen-bond donors (Lipinski definition) is 2. The SMILES string of the molecule is O=C(Nc1ccccc1O)c1ccc(Br)o1. The lowest BCUT2D eigenvalue weighted by molar-refractivity contribution is 0.0995. The number of furan rings is 1. The molecule has 0 aliphatic carbocycles. The van der Waals surface area contributed by atoms with E-state index in [9.17, 15) is 9.90 Å². The van der Waals surface area contributed by atoms with Gasteiger partial charge in [0.25, 0.3) is 5.91 Å².